The van der Waals surface area contributed by atoms with Crippen molar-refractivity contribution in [3.05, 3.63) is 59.5 Å². The number of rotatable bonds is 8. The Hall–Kier alpha value is -2.76. The number of sulfonamides is 1. The first-order chi connectivity index (χ1) is 16.4. The fraction of sp³-hybridized carbons (Fsp3) is 0.375. The number of alkyl halides is 1. The fourth-order valence-electron chi connectivity index (χ4n) is 3.93. The van der Waals surface area contributed by atoms with Gasteiger partial charge < -0.3 is 10.1 Å². The molecule has 1 aliphatic rings. The van der Waals surface area contributed by atoms with Crippen LogP contribution in [0, 0.1) is 6.92 Å². The van der Waals surface area contributed by atoms with E-state index in [-0.39, 0.29) is 37.4 Å². The number of halogens is 1. The Kier molecular flexibility index (Phi) is 8.03. The standard InChI is InChI=1S/C24H29FN2O6S2/c1-18-7-4-5-8-20(18)21-17-19(33-2)9-10-22(21)35(31,32)27-14-11-24(25,12-15-27)23(28)26-13-6-16-34(3,29)30/h4-10,16-17H,11-15H2,1-3H3,(H,26,28)/b16-6+. The molecule has 0 unspecified atom stereocenters. The third kappa shape index (κ3) is 6.28. The molecule has 8 nitrogen and oxygen atoms in total. The molecule has 2 aromatic rings. The SMILES string of the molecule is COc1ccc(S(=O)(=O)N2CCC(F)(C(=O)NC/C=C/S(C)(=O)=O)CC2)c(-c2ccccc2C)c1. The predicted molar refractivity (Wildman–Crippen MR) is 132 cm³/mol. The number of carbonyl (C=O) groups excluding carboxylic acids is 1. The minimum absolute atomic E-state index is 0.0781. The number of ether oxygens (including phenoxy) is 1. The number of sulfone groups is 1. The van der Waals surface area contributed by atoms with Crippen LogP contribution in [0.5, 0.6) is 5.75 Å². The van der Waals surface area contributed by atoms with E-state index in [1.54, 1.807) is 12.1 Å². The molecule has 35 heavy (non-hydrogen) atoms. The van der Waals surface area contributed by atoms with Gasteiger partial charge in [0.05, 0.1) is 12.0 Å². The van der Waals surface area contributed by atoms with E-state index < -0.39 is 31.4 Å². The number of nitrogens with one attached hydrogen (secondary N) is 1. The van der Waals surface area contributed by atoms with Gasteiger partial charge in [0, 0.05) is 49.7 Å². The van der Waals surface area contributed by atoms with Crippen molar-refractivity contribution in [3.63, 3.8) is 0 Å². The summed E-state index contributed by atoms with van der Waals surface area (Å²) in [6.45, 7) is 1.38. The van der Waals surface area contributed by atoms with Crippen molar-refractivity contribution < 1.29 is 30.8 Å². The summed E-state index contributed by atoms with van der Waals surface area (Å²) in [4.78, 5) is 12.4. The molecule has 0 radical (unpaired) electrons. The molecule has 2 aromatic carbocycles. The van der Waals surface area contributed by atoms with E-state index in [0.29, 0.717) is 11.3 Å². The number of aryl methyl sites for hydroxylation is 1. The normalized spacial score (nSPS) is 16.8. The summed E-state index contributed by atoms with van der Waals surface area (Å²) in [5.41, 5.74) is -0.137. The molecule has 0 atom stereocenters. The Balaban J connectivity index is 1.80. The molecule has 11 heteroatoms. The summed E-state index contributed by atoms with van der Waals surface area (Å²) < 4.78 is 71.2. The highest BCUT2D eigenvalue weighted by Crippen LogP contribution is 2.36. The lowest BCUT2D eigenvalue weighted by Gasteiger charge is -2.35. The van der Waals surface area contributed by atoms with E-state index in [9.17, 15) is 21.6 Å². The van der Waals surface area contributed by atoms with Crippen LogP contribution in [-0.4, -0.2) is 65.7 Å². The van der Waals surface area contributed by atoms with Crippen molar-refractivity contribution in [1.82, 2.24) is 9.62 Å². The summed E-state index contributed by atoms with van der Waals surface area (Å²) in [6.07, 6.45) is 1.59. The first-order valence-electron chi connectivity index (χ1n) is 11.0. The molecule has 1 fully saturated rings. The van der Waals surface area contributed by atoms with Crippen LogP contribution in [0.2, 0.25) is 0 Å². The van der Waals surface area contributed by atoms with E-state index in [2.05, 4.69) is 5.32 Å². The van der Waals surface area contributed by atoms with Crippen molar-refractivity contribution in [1.29, 1.82) is 0 Å². The van der Waals surface area contributed by atoms with Gasteiger partial charge in [-0.15, -0.1) is 0 Å². The van der Waals surface area contributed by atoms with Crippen LogP contribution in [0.25, 0.3) is 11.1 Å². The number of nitrogens with zero attached hydrogens (tertiary/aromatic N) is 1. The highest BCUT2D eigenvalue weighted by Gasteiger charge is 2.44. The van der Waals surface area contributed by atoms with Gasteiger partial charge >= 0.3 is 0 Å². The zero-order valence-electron chi connectivity index (χ0n) is 19.8. The number of hydrogen-bond acceptors (Lipinski definition) is 6. The summed E-state index contributed by atoms with van der Waals surface area (Å²) >= 11 is 0. The minimum Gasteiger partial charge on any atom is -0.497 e. The topological polar surface area (TPSA) is 110 Å². The maximum absolute atomic E-state index is 15.3. The van der Waals surface area contributed by atoms with Crippen molar-refractivity contribution in [2.45, 2.75) is 30.3 Å². The van der Waals surface area contributed by atoms with Crippen LogP contribution in [-0.2, 0) is 24.7 Å². The Morgan fingerprint density at radius 1 is 1.11 bits per heavy atom. The number of hydrogen-bond donors (Lipinski definition) is 1. The Labute approximate surface area is 205 Å². The molecule has 0 bridgehead atoms. The van der Waals surface area contributed by atoms with Crippen LogP contribution in [0.15, 0.2) is 58.8 Å². The zero-order valence-corrected chi connectivity index (χ0v) is 21.5. The number of methoxy groups -OCH3 is 1. The van der Waals surface area contributed by atoms with E-state index in [1.165, 1.54) is 23.6 Å². The lowest BCUT2D eigenvalue weighted by atomic mass is 9.93. The third-order valence-electron chi connectivity index (χ3n) is 5.89. The molecule has 0 spiro atoms. The molecule has 1 aliphatic heterocycles. The number of benzene rings is 2. The summed E-state index contributed by atoms with van der Waals surface area (Å²) in [7, 11) is -5.85. The molecule has 0 aromatic heterocycles. The largest absolute Gasteiger partial charge is 0.497 e. The molecule has 190 valence electrons. The maximum Gasteiger partial charge on any atom is 0.258 e. The van der Waals surface area contributed by atoms with Crippen LogP contribution in [0.4, 0.5) is 4.39 Å². The second kappa shape index (κ2) is 10.5. The zero-order chi connectivity index (χ0) is 25.9. The van der Waals surface area contributed by atoms with Gasteiger partial charge in [-0.2, -0.15) is 4.31 Å². The van der Waals surface area contributed by atoms with Gasteiger partial charge in [-0.05, 0) is 36.2 Å². The molecular weight excluding hydrogens is 495 g/mol. The van der Waals surface area contributed by atoms with Gasteiger partial charge in [0.25, 0.3) is 5.91 Å². The van der Waals surface area contributed by atoms with Crippen LogP contribution in [0.1, 0.15) is 18.4 Å². The summed E-state index contributed by atoms with van der Waals surface area (Å²) in [6, 6.07) is 12.1. The lowest BCUT2D eigenvalue weighted by Crippen LogP contribution is -2.52. The van der Waals surface area contributed by atoms with E-state index >= 15 is 4.39 Å². The highest BCUT2D eigenvalue weighted by molar-refractivity contribution is 7.93. The van der Waals surface area contributed by atoms with E-state index in [4.69, 9.17) is 4.74 Å². The van der Waals surface area contributed by atoms with E-state index in [1.807, 2.05) is 31.2 Å². The van der Waals surface area contributed by atoms with Crippen LogP contribution in [0.3, 0.4) is 0 Å². The Morgan fingerprint density at radius 2 is 1.77 bits per heavy atom. The molecular formula is C24H29FN2O6S2. The predicted octanol–water partition coefficient (Wildman–Crippen LogP) is 2.84. The molecule has 3 rings (SSSR count). The number of carbonyl (C=O) groups is 1. The van der Waals surface area contributed by atoms with Gasteiger partial charge in [0.2, 0.25) is 10.0 Å². The maximum atomic E-state index is 15.3. The van der Waals surface area contributed by atoms with Gasteiger partial charge in [-0.3, -0.25) is 4.79 Å². The summed E-state index contributed by atoms with van der Waals surface area (Å²) in [5, 5.41) is 3.28. The Bertz CT molecular complexity index is 1330. The van der Waals surface area contributed by atoms with Crippen LogP contribution < -0.4 is 10.1 Å². The second-order valence-corrected chi connectivity index (χ2v) is 12.3. The molecule has 1 amide bonds. The second-order valence-electron chi connectivity index (χ2n) is 8.46. The first kappa shape index (κ1) is 26.8. The first-order valence-corrected chi connectivity index (χ1v) is 14.3. The Morgan fingerprint density at radius 3 is 2.37 bits per heavy atom. The molecule has 0 aliphatic carbocycles. The highest BCUT2D eigenvalue weighted by atomic mass is 32.2. The monoisotopic (exact) mass is 524 g/mol. The minimum atomic E-state index is -3.99. The fourth-order valence-corrected chi connectivity index (χ4v) is 6.00. The van der Waals surface area contributed by atoms with Gasteiger partial charge in [-0.25, -0.2) is 21.2 Å². The van der Waals surface area contributed by atoms with Crippen molar-refractivity contribution in [2.24, 2.45) is 0 Å². The van der Waals surface area contributed by atoms with Crippen molar-refractivity contribution in [3.8, 4) is 16.9 Å². The third-order valence-corrected chi connectivity index (χ3v) is 8.53. The van der Waals surface area contributed by atoms with E-state index in [0.717, 1.165) is 22.8 Å². The molecule has 1 N–H and O–H groups in total. The molecule has 1 heterocycles. The van der Waals surface area contributed by atoms with Crippen molar-refractivity contribution in [2.75, 3.05) is 33.0 Å². The number of piperidine rings is 1. The van der Waals surface area contributed by atoms with Gasteiger partial charge in [-0.1, -0.05) is 30.3 Å². The van der Waals surface area contributed by atoms with Gasteiger partial charge in [0.15, 0.2) is 15.5 Å². The number of amides is 1. The molecule has 1 saturated heterocycles. The van der Waals surface area contributed by atoms with Gasteiger partial charge in [0.1, 0.15) is 5.75 Å². The average molecular weight is 525 g/mol. The quantitative estimate of drug-likeness (QED) is 0.569. The smallest absolute Gasteiger partial charge is 0.258 e. The van der Waals surface area contributed by atoms with Crippen molar-refractivity contribution >= 4 is 25.8 Å². The van der Waals surface area contributed by atoms with Crippen LogP contribution >= 0.6 is 0 Å². The lowest BCUT2D eigenvalue weighted by molar-refractivity contribution is -0.135. The molecule has 0 saturated carbocycles. The average Bonchev–Trinajstić information content (AvgIpc) is 2.81. The summed E-state index contributed by atoms with van der Waals surface area (Å²) in [5.74, 6) is -0.386.